The predicted molar refractivity (Wildman–Crippen MR) is 96.9 cm³/mol. The monoisotopic (exact) mass is 352 g/mol. The highest BCUT2D eigenvalue weighted by molar-refractivity contribution is 5.77. The van der Waals surface area contributed by atoms with Crippen molar-refractivity contribution in [2.75, 3.05) is 0 Å². The van der Waals surface area contributed by atoms with Gasteiger partial charge in [-0.25, -0.2) is 0 Å². The summed E-state index contributed by atoms with van der Waals surface area (Å²) in [4.78, 5) is 13.3. The molecule has 4 rings (SSSR count). The summed E-state index contributed by atoms with van der Waals surface area (Å²) in [5.41, 5.74) is -2.96. The van der Waals surface area contributed by atoms with Crippen molar-refractivity contribution in [1.82, 2.24) is 0 Å². The van der Waals surface area contributed by atoms with E-state index in [2.05, 4.69) is 34.6 Å². The summed E-state index contributed by atoms with van der Waals surface area (Å²) in [5.74, 6) is 0.262. The SMILES string of the molecule is CC(C)C(C)(CC(C)(C)C)C(=O)OC12CC3CC(O)(CC(O)(C3)C1)C2. The Kier molecular flexibility index (Phi) is 4.18. The molecule has 0 amide bonds. The number of carbonyl (C=O) groups excluding carboxylic acids is 1. The van der Waals surface area contributed by atoms with Gasteiger partial charge in [0.05, 0.1) is 16.6 Å². The van der Waals surface area contributed by atoms with Crippen molar-refractivity contribution < 1.29 is 19.7 Å². The first-order valence-electron chi connectivity index (χ1n) is 9.87. The molecule has 0 radical (unpaired) electrons. The summed E-state index contributed by atoms with van der Waals surface area (Å²) >= 11 is 0. The van der Waals surface area contributed by atoms with Gasteiger partial charge < -0.3 is 14.9 Å². The second-order valence-electron chi connectivity index (χ2n) is 11.3. The van der Waals surface area contributed by atoms with Crippen LogP contribution in [0.5, 0.6) is 0 Å². The zero-order valence-corrected chi connectivity index (χ0v) is 16.8. The Labute approximate surface area is 152 Å². The van der Waals surface area contributed by atoms with Gasteiger partial charge in [-0.2, -0.15) is 0 Å². The Morgan fingerprint density at radius 1 is 1.04 bits per heavy atom. The molecule has 0 saturated heterocycles. The van der Waals surface area contributed by atoms with Gasteiger partial charge in [0.1, 0.15) is 5.60 Å². The summed E-state index contributed by atoms with van der Waals surface area (Å²) in [5, 5.41) is 21.8. The molecule has 2 N–H and O–H groups in total. The van der Waals surface area contributed by atoms with Crippen molar-refractivity contribution in [3.05, 3.63) is 0 Å². The van der Waals surface area contributed by atoms with Gasteiger partial charge in [-0.3, -0.25) is 4.79 Å². The molecule has 3 unspecified atom stereocenters. The van der Waals surface area contributed by atoms with E-state index in [0.717, 1.165) is 25.7 Å². The molecule has 0 heterocycles. The van der Waals surface area contributed by atoms with Crippen LogP contribution in [0.1, 0.15) is 86.5 Å². The summed E-state index contributed by atoms with van der Waals surface area (Å²) < 4.78 is 6.19. The summed E-state index contributed by atoms with van der Waals surface area (Å²) in [6.45, 7) is 12.6. The van der Waals surface area contributed by atoms with Crippen molar-refractivity contribution >= 4 is 5.97 Å². The van der Waals surface area contributed by atoms with Crippen LogP contribution in [0, 0.1) is 22.7 Å². The molecule has 144 valence electrons. The molecule has 0 aromatic rings. The number of esters is 1. The molecule has 4 aliphatic carbocycles. The molecule has 4 nitrogen and oxygen atoms in total. The van der Waals surface area contributed by atoms with Gasteiger partial charge in [0.25, 0.3) is 0 Å². The number of rotatable bonds is 4. The second kappa shape index (κ2) is 5.45. The fourth-order valence-corrected chi connectivity index (χ4v) is 6.29. The molecule has 4 fully saturated rings. The van der Waals surface area contributed by atoms with E-state index < -0.39 is 22.2 Å². The third-order valence-electron chi connectivity index (χ3n) is 6.91. The van der Waals surface area contributed by atoms with E-state index in [1.807, 2.05) is 6.92 Å². The lowest BCUT2D eigenvalue weighted by Gasteiger charge is -2.62. The highest BCUT2D eigenvalue weighted by Crippen LogP contribution is 2.61. The molecular formula is C21H36O4. The quantitative estimate of drug-likeness (QED) is 0.755. The Morgan fingerprint density at radius 2 is 1.56 bits per heavy atom. The smallest absolute Gasteiger partial charge is 0.312 e. The fraction of sp³-hybridized carbons (Fsp3) is 0.952. The van der Waals surface area contributed by atoms with E-state index in [1.54, 1.807) is 0 Å². The van der Waals surface area contributed by atoms with Crippen LogP contribution >= 0.6 is 0 Å². The second-order valence-corrected chi connectivity index (χ2v) is 11.3. The van der Waals surface area contributed by atoms with Gasteiger partial charge in [-0.15, -0.1) is 0 Å². The lowest BCUT2D eigenvalue weighted by Crippen LogP contribution is -2.67. The first kappa shape index (κ1) is 19.2. The van der Waals surface area contributed by atoms with Crippen LogP contribution in [0.2, 0.25) is 0 Å². The Morgan fingerprint density at radius 3 is 1.96 bits per heavy atom. The Balaban J connectivity index is 1.84. The highest BCUT2D eigenvalue weighted by atomic mass is 16.6. The van der Waals surface area contributed by atoms with Crippen molar-refractivity contribution in [2.45, 2.75) is 103 Å². The lowest BCUT2D eigenvalue weighted by atomic mass is 9.50. The molecule has 25 heavy (non-hydrogen) atoms. The molecule has 3 atom stereocenters. The topological polar surface area (TPSA) is 66.8 Å². The molecular weight excluding hydrogens is 316 g/mol. The number of ether oxygens (including phenoxy) is 1. The van der Waals surface area contributed by atoms with E-state index in [0.29, 0.717) is 19.3 Å². The van der Waals surface area contributed by atoms with Crippen molar-refractivity contribution in [2.24, 2.45) is 22.7 Å². The number of carbonyl (C=O) groups is 1. The van der Waals surface area contributed by atoms with Crippen molar-refractivity contribution in [3.8, 4) is 0 Å². The number of hydrogen-bond donors (Lipinski definition) is 2. The maximum absolute atomic E-state index is 13.3. The van der Waals surface area contributed by atoms with E-state index in [-0.39, 0.29) is 23.2 Å². The van der Waals surface area contributed by atoms with Gasteiger partial charge in [0.2, 0.25) is 0 Å². The molecule has 4 aliphatic rings. The van der Waals surface area contributed by atoms with Crippen LogP contribution in [0.4, 0.5) is 0 Å². The van der Waals surface area contributed by atoms with Crippen LogP contribution in [-0.2, 0) is 9.53 Å². The largest absolute Gasteiger partial charge is 0.458 e. The van der Waals surface area contributed by atoms with Crippen LogP contribution in [-0.4, -0.2) is 33.0 Å². The van der Waals surface area contributed by atoms with Gasteiger partial charge in [-0.05, 0) is 49.9 Å². The minimum Gasteiger partial charge on any atom is -0.458 e. The van der Waals surface area contributed by atoms with Gasteiger partial charge in [-0.1, -0.05) is 34.6 Å². The first-order chi connectivity index (χ1) is 11.2. The van der Waals surface area contributed by atoms with Crippen molar-refractivity contribution in [3.63, 3.8) is 0 Å². The van der Waals surface area contributed by atoms with Gasteiger partial charge in [0, 0.05) is 19.3 Å². The van der Waals surface area contributed by atoms with Crippen LogP contribution in [0.3, 0.4) is 0 Å². The highest BCUT2D eigenvalue weighted by Gasteiger charge is 2.65. The minimum atomic E-state index is -0.868. The molecule has 0 aliphatic heterocycles. The van der Waals surface area contributed by atoms with E-state index in [1.165, 1.54) is 0 Å². The molecule has 4 heteroatoms. The first-order valence-corrected chi connectivity index (χ1v) is 9.87. The summed E-state index contributed by atoms with van der Waals surface area (Å²) in [6.07, 6.45) is 4.40. The molecule has 4 saturated carbocycles. The van der Waals surface area contributed by atoms with Gasteiger partial charge in [0.15, 0.2) is 0 Å². The van der Waals surface area contributed by atoms with Crippen LogP contribution in [0.25, 0.3) is 0 Å². The molecule has 0 aromatic heterocycles. The fourth-order valence-electron chi connectivity index (χ4n) is 6.29. The minimum absolute atomic E-state index is 0.0237. The molecule has 0 spiro atoms. The summed E-state index contributed by atoms with van der Waals surface area (Å²) in [7, 11) is 0. The zero-order chi connectivity index (χ0) is 18.9. The predicted octanol–water partition coefficient (Wildman–Crippen LogP) is 3.83. The lowest BCUT2D eigenvalue weighted by molar-refractivity contribution is -0.265. The maximum atomic E-state index is 13.3. The molecule has 0 aromatic carbocycles. The number of hydrogen-bond acceptors (Lipinski definition) is 4. The Hall–Kier alpha value is -0.610. The average molecular weight is 353 g/mol. The standard InChI is InChI=1S/C21H36O4/c1-14(2)18(6,10-17(3,4)5)16(22)25-21-9-15-7-19(23,12-21)11-20(24,8-15)13-21/h14-15,23-24H,7-13H2,1-6H3. The average Bonchev–Trinajstić information content (AvgIpc) is 2.30. The molecule has 4 bridgehead atoms. The van der Waals surface area contributed by atoms with E-state index >= 15 is 0 Å². The van der Waals surface area contributed by atoms with E-state index in [9.17, 15) is 15.0 Å². The maximum Gasteiger partial charge on any atom is 0.312 e. The van der Waals surface area contributed by atoms with Gasteiger partial charge >= 0.3 is 5.97 Å². The third kappa shape index (κ3) is 3.49. The van der Waals surface area contributed by atoms with Crippen LogP contribution in [0.15, 0.2) is 0 Å². The van der Waals surface area contributed by atoms with Crippen LogP contribution < -0.4 is 0 Å². The zero-order valence-electron chi connectivity index (χ0n) is 16.8. The normalized spacial score (nSPS) is 42.5. The van der Waals surface area contributed by atoms with Crippen molar-refractivity contribution in [1.29, 1.82) is 0 Å². The summed E-state index contributed by atoms with van der Waals surface area (Å²) in [6, 6.07) is 0. The number of aliphatic hydroxyl groups is 2. The Bertz CT molecular complexity index is 543. The van der Waals surface area contributed by atoms with E-state index in [4.69, 9.17) is 4.74 Å². The third-order valence-corrected chi connectivity index (χ3v) is 6.91.